The maximum Gasteiger partial charge on any atom is 0.168 e. The van der Waals surface area contributed by atoms with Crippen LogP contribution in [-0.2, 0) is 0 Å². The molecule has 1 rings (SSSR count). The van der Waals surface area contributed by atoms with E-state index < -0.39 is 0 Å². The third kappa shape index (κ3) is 3.17. The smallest absolute Gasteiger partial charge is 0.168 e. The van der Waals surface area contributed by atoms with Gasteiger partial charge in [0.15, 0.2) is 11.5 Å². The topological polar surface area (TPSA) is 18.5 Å². The van der Waals surface area contributed by atoms with E-state index in [1.807, 2.05) is 37.3 Å². The Bertz CT molecular complexity index is 378. The standard InChI is InChI=1S/C13H16O2/c1-5-6-11-7-8-12(15-10(2)3)13(9-11)14-4/h5-9H,2H2,1,3-4H3/b6-5+. The monoisotopic (exact) mass is 204 g/mol. The number of methoxy groups -OCH3 is 1. The third-order valence-electron chi connectivity index (χ3n) is 1.83. The summed E-state index contributed by atoms with van der Waals surface area (Å²) in [5.41, 5.74) is 1.09. The molecule has 0 saturated heterocycles. The molecule has 0 saturated carbocycles. The summed E-state index contributed by atoms with van der Waals surface area (Å²) in [6.45, 7) is 7.47. The lowest BCUT2D eigenvalue weighted by Crippen LogP contribution is -1.93. The Balaban J connectivity index is 3.03. The average Bonchev–Trinajstić information content (AvgIpc) is 2.20. The van der Waals surface area contributed by atoms with Gasteiger partial charge in [0.1, 0.15) is 0 Å². The van der Waals surface area contributed by atoms with Gasteiger partial charge in [0.05, 0.1) is 12.9 Å². The van der Waals surface area contributed by atoms with Gasteiger partial charge in [0.2, 0.25) is 0 Å². The minimum absolute atomic E-state index is 0.645. The zero-order chi connectivity index (χ0) is 11.3. The van der Waals surface area contributed by atoms with Gasteiger partial charge in [-0.2, -0.15) is 0 Å². The Kier molecular flexibility index (Phi) is 3.98. The van der Waals surface area contributed by atoms with Crippen molar-refractivity contribution in [1.29, 1.82) is 0 Å². The zero-order valence-corrected chi connectivity index (χ0v) is 9.41. The van der Waals surface area contributed by atoms with E-state index in [1.54, 1.807) is 14.0 Å². The first-order valence-corrected chi connectivity index (χ1v) is 4.81. The normalized spacial score (nSPS) is 10.3. The second-order valence-corrected chi connectivity index (χ2v) is 3.21. The molecule has 0 unspecified atom stereocenters. The van der Waals surface area contributed by atoms with Gasteiger partial charge in [-0.25, -0.2) is 0 Å². The summed E-state index contributed by atoms with van der Waals surface area (Å²) in [5, 5.41) is 0. The van der Waals surface area contributed by atoms with Crippen molar-refractivity contribution < 1.29 is 9.47 Å². The quantitative estimate of drug-likeness (QED) is 0.697. The van der Waals surface area contributed by atoms with Gasteiger partial charge < -0.3 is 9.47 Å². The summed E-state index contributed by atoms with van der Waals surface area (Å²) in [7, 11) is 1.63. The highest BCUT2D eigenvalue weighted by Crippen LogP contribution is 2.29. The summed E-state index contributed by atoms with van der Waals surface area (Å²) >= 11 is 0. The molecule has 1 aromatic rings. The van der Waals surface area contributed by atoms with Gasteiger partial charge in [0.25, 0.3) is 0 Å². The van der Waals surface area contributed by atoms with Crippen molar-refractivity contribution in [3.8, 4) is 11.5 Å². The SMILES string of the molecule is C=C(C)Oc1ccc(/C=C/C)cc1OC. The van der Waals surface area contributed by atoms with Crippen LogP contribution in [0.4, 0.5) is 0 Å². The molecule has 0 fully saturated rings. The number of hydrogen-bond acceptors (Lipinski definition) is 2. The van der Waals surface area contributed by atoms with Crippen molar-refractivity contribution >= 4 is 6.08 Å². The summed E-state index contributed by atoms with van der Waals surface area (Å²) < 4.78 is 10.7. The fourth-order valence-electron chi connectivity index (χ4n) is 1.25. The Labute approximate surface area is 90.8 Å². The molecular formula is C13H16O2. The van der Waals surface area contributed by atoms with Gasteiger partial charge in [-0.3, -0.25) is 0 Å². The Morgan fingerprint density at radius 1 is 1.33 bits per heavy atom. The van der Waals surface area contributed by atoms with Crippen molar-refractivity contribution in [3.05, 3.63) is 42.2 Å². The summed E-state index contributed by atoms with van der Waals surface area (Å²) in [6.07, 6.45) is 3.99. The summed E-state index contributed by atoms with van der Waals surface area (Å²) in [4.78, 5) is 0. The van der Waals surface area contributed by atoms with Crippen molar-refractivity contribution in [2.24, 2.45) is 0 Å². The van der Waals surface area contributed by atoms with Crippen LogP contribution in [0.1, 0.15) is 19.4 Å². The van der Waals surface area contributed by atoms with Crippen LogP contribution in [0, 0.1) is 0 Å². The third-order valence-corrected chi connectivity index (χ3v) is 1.83. The van der Waals surface area contributed by atoms with Crippen molar-refractivity contribution in [2.45, 2.75) is 13.8 Å². The molecule has 0 bridgehead atoms. The molecule has 80 valence electrons. The number of rotatable bonds is 4. The van der Waals surface area contributed by atoms with Gasteiger partial charge in [-0.05, 0) is 31.5 Å². The molecule has 0 aliphatic carbocycles. The molecule has 0 amide bonds. The van der Waals surface area contributed by atoms with E-state index in [2.05, 4.69) is 6.58 Å². The van der Waals surface area contributed by atoms with E-state index in [9.17, 15) is 0 Å². The summed E-state index contributed by atoms with van der Waals surface area (Å²) in [5.74, 6) is 2.05. The van der Waals surface area contributed by atoms with Crippen LogP contribution in [0.3, 0.4) is 0 Å². The molecule has 0 aromatic heterocycles. The van der Waals surface area contributed by atoms with Crippen LogP contribution in [0.15, 0.2) is 36.6 Å². The molecule has 0 N–H and O–H groups in total. The van der Waals surface area contributed by atoms with E-state index in [-0.39, 0.29) is 0 Å². The average molecular weight is 204 g/mol. The molecule has 2 nitrogen and oxygen atoms in total. The molecule has 0 heterocycles. The Morgan fingerprint density at radius 2 is 2.07 bits per heavy atom. The molecule has 0 atom stereocenters. The molecule has 0 aliphatic rings. The van der Waals surface area contributed by atoms with Crippen molar-refractivity contribution in [2.75, 3.05) is 7.11 Å². The van der Waals surface area contributed by atoms with E-state index in [0.717, 1.165) is 5.56 Å². The van der Waals surface area contributed by atoms with Crippen molar-refractivity contribution in [3.63, 3.8) is 0 Å². The Morgan fingerprint density at radius 3 is 2.60 bits per heavy atom. The lowest BCUT2D eigenvalue weighted by Gasteiger charge is -2.10. The first-order chi connectivity index (χ1) is 7.17. The van der Waals surface area contributed by atoms with E-state index in [4.69, 9.17) is 9.47 Å². The fourth-order valence-corrected chi connectivity index (χ4v) is 1.25. The van der Waals surface area contributed by atoms with Gasteiger partial charge in [-0.1, -0.05) is 24.8 Å². The van der Waals surface area contributed by atoms with Gasteiger partial charge in [0, 0.05) is 0 Å². The molecule has 0 aliphatic heterocycles. The van der Waals surface area contributed by atoms with Crippen LogP contribution in [-0.4, -0.2) is 7.11 Å². The zero-order valence-electron chi connectivity index (χ0n) is 9.41. The molecule has 2 heteroatoms. The van der Waals surface area contributed by atoms with Crippen molar-refractivity contribution in [1.82, 2.24) is 0 Å². The number of allylic oxidation sites excluding steroid dienone is 2. The minimum atomic E-state index is 0.645. The van der Waals surface area contributed by atoms with E-state index >= 15 is 0 Å². The molecule has 0 radical (unpaired) electrons. The minimum Gasteiger partial charge on any atom is -0.493 e. The lowest BCUT2D eigenvalue weighted by atomic mass is 10.2. The van der Waals surface area contributed by atoms with Crippen LogP contribution in [0.5, 0.6) is 11.5 Å². The maximum absolute atomic E-state index is 5.43. The highest BCUT2D eigenvalue weighted by atomic mass is 16.5. The van der Waals surface area contributed by atoms with Gasteiger partial charge in [-0.15, -0.1) is 0 Å². The number of benzene rings is 1. The second kappa shape index (κ2) is 5.25. The van der Waals surface area contributed by atoms with Gasteiger partial charge >= 0.3 is 0 Å². The summed E-state index contributed by atoms with van der Waals surface area (Å²) in [6, 6.07) is 5.78. The van der Waals surface area contributed by atoms with E-state index in [0.29, 0.717) is 17.3 Å². The van der Waals surface area contributed by atoms with E-state index in [1.165, 1.54) is 0 Å². The Hall–Kier alpha value is -1.70. The molecule has 0 spiro atoms. The number of ether oxygens (including phenoxy) is 2. The molecule has 1 aromatic carbocycles. The highest BCUT2D eigenvalue weighted by molar-refractivity contribution is 5.55. The highest BCUT2D eigenvalue weighted by Gasteiger charge is 2.04. The number of hydrogen-bond donors (Lipinski definition) is 0. The first kappa shape index (κ1) is 11.4. The van der Waals surface area contributed by atoms with Crippen LogP contribution in [0.25, 0.3) is 6.08 Å². The predicted molar refractivity (Wildman–Crippen MR) is 63.1 cm³/mol. The second-order valence-electron chi connectivity index (χ2n) is 3.21. The fraction of sp³-hybridized carbons (Fsp3) is 0.231. The maximum atomic E-state index is 5.43. The van der Waals surface area contributed by atoms with Crippen LogP contribution in [0.2, 0.25) is 0 Å². The molecule has 15 heavy (non-hydrogen) atoms. The largest absolute Gasteiger partial charge is 0.493 e. The first-order valence-electron chi connectivity index (χ1n) is 4.81. The predicted octanol–water partition coefficient (Wildman–Crippen LogP) is 3.64. The lowest BCUT2D eigenvalue weighted by molar-refractivity contribution is 0.362. The van der Waals surface area contributed by atoms with Crippen LogP contribution < -0.4 is 9.47 Å². The van der Waals surface area contributed by atoms with Crippen LogP contribution >= 0.6 is 0 Å². The molecular weight excluding hydrogens is 188 g/mol.